The maximum Gasteiger partial charge on any atom is 0.0983 e. The van der Waals surface area contributed by atoms with E-state index in [2.05, 4.69) is 114 Å². The molecule has 3 heterocycles. The van der Waals surface area contributed by atoms with E-state index < -0.39 is 0 Å². The van der Waals surface area contributed by atoms with Gasteiger partial charge < -0.3 is 0 Å². The van der Waals surface area contributed by atoms with Gasteiger partial charge in [-0.3, -0.25) is 0 Å². The van der Waals surface area contributed by atoms with Crippen molar-refractivity contribution >= 4 is 33.7 Å². The first-order chi connectivity index (χ1) is 23.8. The molecule has 3 aromatic carbocycles. The summed E-state index contributed by atoms with van der Waals surface area (Å²) in [6.07, 6.45) is 12.9. The number of hydrogen-bond acceptors (Lipinski definition) is 4. The zero-order valence-corrected chi connectivity index (χ0v) is 31.8. The highest BCUT2D eigenvalue weighted by Gasteiger charge is 2.42. The van der Waals surface area contributed by atoms with Gasteiger partial charge in [0.2, 0.25) is 0 Å². The van der Waals surface area contributed by atoms with Gasteiger partial charge in [0.25, 0.3) is 0 Å². The molecule has 3 aromatic heterocycles. The molecule has 252 valence electrons. The van der Waals surface area contributed by atoms with E-state index in [-0.39, 0.29) is 5.41 Å². The van der Waals surface area contributed by atoms with Crippen LogP contribution < -0.4 is 0 Å². The number of nitrogens with zero attached hydrogens (tertiary/aromatic N) is 2. The highest BCUT2D eigenvalue weighted by molar-refractivity contribution is 7.19. The van der Waals surface area contributed by atoms with Crippen LogP contribution in [-0.2, 0) is 5.41 Å². The largest absolute Gasteiger partial charge is 0.249 e. The lowest BCUT2D eigenvalue weighted by atomic mass is 9.70. The highest BCUT2D eigenvalue weighted by atomic mass is 32.1. The second kappa shape index (κ2) is 14.3. The fraction of sp³-hybridized carbons (Fsp3) is 0.378. The van der Waals surface area contributed by atoms with Crippen molar-refractivity contribution in [1.82, 2.24) is 9.97 Å². The van der Waals surface area contributed by atoms with Gasteiger partial charge in [0.1, 0.15) is 0 Å². The maximum atomic E-state index is 5.15. The molecule has 0 fully saturated rings. The van der Waals surface area contributed by atoms with Crippen LogP contribution in [0.15, 0.2) is 72.8 Å². The topological polar surface area (TPSA) is 25.8 Å². The number of aromatic nitrogens is 2. The van der Waals surface area contributed by atoms with Gasteiger partial charge in [0.05, 0.1) is 22.4 Å². The number of fused-ring (bicyclic) bond motifs is 4. The fourth-order valence-electron chi connectivity index (χ4n) is 8.05. The zero-order valence-electron chi connectivity index (χ0n) is 30.2. The molecule has 0 radical (unpaired) electrons. The van der Waals surface area contributed by atoms with Crippen LogP contribution in [0.25, 0.3) is 53.5 Å². The van der Waals surface area contributed by atoms with Gasteiger partial charge in [-0.25, -0.2) is 9.97 Å². The van der Waals surface area contributed by atoms with Crippen molar-refractivity contribution in [2.45, 2.75) is 111 Å². The molecule has 4 heteroatoms. The van der Waals surface area contributed by atoms with E-state index in [1.807, 2.05) is 22.7 Å². The van der Waals surface area contributed by atoms with E-state index >= 15 is 0 Å². The second-order valence-corrected chi connectivity index (χ2v) is 16.7. The summed E-state index contributed by atoms with van der Waals surface area (Å²) in [4.78, 5) is 15.4. The molecule has 0 bridgehead atoms. The molecule has 1 aliphatic carbocycles. The number of rotatable bonds is 13. The van der Waals surface area contributed by atoms with Gasteiger partial charge in [-0.2, -0.15) is 0 Å². The van der Waals surface area contributed by atoms with Gasteiger partial charge in [-0.05, 0) is 98.7 Å². The van der Waals surface area contributed by atoms with Crippen LogP contribution in [-0.4, -0.2) is 9.97 Å². The number of unbranched alkanes of at least 4 members (excludes halogenated alkanes) is 6. The summed E-state index contributed by atoms with van der Waals surface area (Å²) in [7, 11) is 0. The van der Waals surface area contributed by atoms with Crippen LogP contribution >= 0.6 is 22.7 Å². The van der Waals surface area contributed by atoms with Crippen molar-refractivity contribution in [3.8, 4) is 42.4 Å². The van der Waals surface area contributed by atoms with E-state index in [0.29, 0.717) is 0 Å². The fourth-order valence-corrected chi connectivity index (χ4v) is 9.97. The lowest BCUT2D eigenvalue weighted by Gasteiger charge is -2.33. The Morgan fingerprint density at radius 3 is 1.63 bits per heavy atom. The monoisotopic (exact) mass is 682 g/mol. The summed E-state index contributed by atoms with van der Waals surface area (Å²) in [5, 5.41) is 0. The van der Waals surface area contributed by atoms with Crippen LogP contribution in [0.4, 0.5) is 0 Å². The molecule has 0 spiro atoms. The molecule has 7 rings (SSSR count). The van der Waals surface area contributed by atoms with E-state index in [1.165, 1.54) is 117 Å². The smallest absolute Gasteiger partial charge is 0.0983 e. The van der Waals surface area contributed by atoms with Gasteiger partial charge >= 0.3 is 0 Å². The number of thiophene rings is 2. The lowest BCUT2D eigenvalue weighted by molar-refractivity contribution is 0.401. The Balaban J connectivity index is 1.31. The zero-order chi connectivity index (χ0) is 34.1. The average molecular weight is 683 g/mol. The molecule has 2 nitrogen and oxygen atoms in total. The third kappa shape index (κ3) is 6.43. The Kier molecular flexibility index (Phi) is 9.91. The minimum Gasteiger partial charge on any atom is -0.249 e. The Bertz CT molecular complexity index is 2100. The van der Waals surface area contributed by atoms with Crippen molar-refractivity contribution < 1.29 is 0 Å². The van der Waals surface area contributed by atoms with Gasteiger partial charge in [-0.15, -0.1) is 22.7 Å². The molecular weight excluding hydrogens is 633 g/mol. The number of benzene rings is 3. The molecule has 0 atom stereocenters. The quantitative estimate of drug-likeness (QED) is 0.113. The summed E-state index contributed by atoms with van der Waals surface area (Å²) in [6, 6.07) is 28.2. The normalized spacial score (nSPS) is 13.3. The van der Waals surface area contributed by atoms with Crippen LogP contribution in [0.2, 0.25) is 0 Å². The van der Waals surface area contributed by atoms with Crippen molar-refractivity contribution in [2.75, 3.05) is 0 Å². The van der Waals surface area contributed by atoms with Crippen molar-refractivity contribution in [1.29, 1.82) is 0 Å². The predicted molar refractivity (Wildman–Crippen MR) is 214 cm³/mol. The molecule has 0 amide bonds. The third-order valence-electron chi connectivity index (χ3n) is 10.8. The highest BCUT2D eigenvalue weighted by Crippen LogP contribution is 2.55. The summed E-state index contributed by atoms with van der Waals surface area (Å²) in [5.41, 5.74) is 15.2. The van der Waals surface area contributed by atoms with E-state index in [4.69, 9.17) is 9.97 Å². The van der Waals surface area contributed by atoms with Crippen molar-refractivity contribution in [3.63, 3.8) is 0 Å². The molecule has 0 N–H and O–H groups in total. The first kappa shape index (κ1) is 33.9. The molecule has 0 saturated carbocycles. The summed E-state index contributed by atoms with van der Waals surface area (Å²) < 4.78 is 0. The molecule has 0 aliphatic heterocycles. The molecule has 0 unspecified atom stereocenters. The Morgan fingerprint density at radius 1 is 0.510 bits per heavy atom. The predicted octanol–water partition coefficient (Wildman–Crippen LogP) is 14.2. The number of aryl methyl sites for hydroxylation is 4. The average Bonchev–Trinajstić information content (AvgIpc) is 3.82. The van der Waals surface area contributed by atoms with Gasteiger partial charge in [0.15, 0.2) is 0 Å². The molecule has 6 aromatic rings. The minimum absolute atomic E-state index is 0.0887. The first-order valence-corrected chi connectivity index (χ1v) is 20.2. The first-order valence-electron chi connectivity index (χ1n) is 18.5. The Hall–Kier alpha value is -3.60. The summed E-state index contributed by atoms with van der Waals surface area (Å²) in [5.74, 6) is 0. The second-order valence-electron chi connectivity index (χ2n) is 14.3. The summed E-state index contributed by atoms with van der Waals surface area (Å²) in [6.45, 7) is 13.2. The number of hydrogen-bond donors (Lipinski definition) is 0. The summed E-state index contributed by atoms with van der Waals surface area (Å²) >= 11 is 3.71. The van der Waals surface area contributed by atoms with Gasteiger partial charge in [-0.1, -0.05) is 113 Å². The van der Waals surface area contributed by atoms with Crippen LogP contribution in [0.5, 0.6) is 0 Å². The van der Waals surface area contributed by atoms with Gasteiger partial charge in [0, 0.05) is 36.1 Å². The SMILES string of the molecule is CCCCCCC1(CCCCCC)c2cc(C)ccc2-c2ccc(-c3ccc(-c4ccc(-c5ccc(C)s5)c5nc(C)c(C)nc45)s3)cc21. The maximum absolute atomic E-state index is 5.15. The Labute approximate surface area is 301 Å². The van der Waals surface area contributed by atoms with Crippen molar-refractivity contribution in [3.05, 3.63) is 106 Å². The van der Waals surface area contributed by atoms with Crippen LogP contribution in [0.3, 0.4) is 0 Å². The van der Waals surface area contributed by atoms with E-state index in [1.54, 1.807) is 11.1 Å². The van der Waals surface area contributed by atoms with Crippen molar-refractivity contribution in [2.24, 2.45) is 0 Å². The molecule has 0 saturated heterocycles. The molecule has 1 aliphatic rings. The minimum atomic E-state index is 0.0887. The standard InChI is InChI=1S/C45H50N2S2/c1-7-9-11-13-25-45(26-14-12-10-8-2)38-27-29(3)15-18-34(38)35-19-17-33(28-39(35)45)40-23-24-42(49-40)37-21-20-36(41-22-16-30(4)48-41)43-44(37)47-32(6)31(5)46-43/h15-24,27-28H,7-14,25-26H2,1-6H3. The molecule has 49 heavy (non-hydrogen) atoms. The Morgan fingerprint density at radius 2 is 1.04 bits per heavy atom. The van der Waals surface area contributed by atoms with E-state index in [9.17, 15) is 0 Å². The molecular formula is C45H50N2S2. The lowest BCUT2D eigenvalue weighted by Crippen LogP contribution is -2.25. The third-order valence-corrected chi connectivity index (χ3v) is 13.0. The van der Waals surface area contributed by atoms with E-state index in [0.717, 1.165) is 22.4 Å². The van der Waals surface area contributed by atoms with Crippen LogP contribution in [0.1, 0.15) is 111 Å². The van der Waals surface area contributed by atoms with Crippen LogP contribution in [0, 0.1) is 27.7 Å².